The van der Waals surface area contributed by atoms with E-state index in [2.05, 4.69) is 32.0 Å². The molecule has 1 fully saturated rings. The van der Waals surface area contributed by atoms with Crippen molar-refractivity contribution in [3.63, 3.8) is 0 Å². The van der Waals surface area contributed by atoms with Gasteiger partial charge in [0, 0.05) is 11.6 Å². The Morgan fingerprint density at radius 2 is 1.90 bits per heavy atom. The molecule has 1 aliphatic carbocycles. The number of rotatable bonds is 3. The molecule has 0 bridgehead atoms. The summed E-state index contributed by atoms with van der Waals surface area (Å²) in [5.41, 5.74) is 5.39. The van der Waals surface area contributed by atoms with Crippen LogP contribution in [0.15, 0.2) is 35.1 Å². The fraction of sp³-hybridized carbons (Fsp3) is 0.353. The average molecular weight is 288 g/mol. The highest BCUT2D eigenvalue weighted by Crippen LogP contribution is 2.37. The zero-order chi connectivity index (χ0) is 14.3. The summed E-state index contributed by atoms with van der Waals surface area (Å²) >= 11 is 5.86. The number of hydrogen-bond donors (Lipinski definition) is 0. The molecule has 0 spiro atoms. The molecule has 1 saturated carbocycles. The van der Waals surface area contributed by atoms with Crippen molar-refractivity contribution in [3.8, 4) is 11.3 Å². The maximum absolute atomic E-state index is 12.5. The lowest BCUT2D eigenvalue weighted by Crippen LogP contribution is -2.23. The number of hydrogen-bond acceptors (Lipinski definition) is 1. The molecule has 1 aromatic carbocycles. The molecule has 104 valence electrons. The predicted molar refractivity (Wildman–Crippen MR) is 83.4 cm³/mol. The van der Waals surface area contributed by atoms with Gasteiger partial charge in [0.1, 0.15) is 0 Å². The zero-order valence-electron chi connectivity index (χ0n) is 11.8. The molecule has 0 saturated heterocycles. The molecule has 0 unspecified atom stereocenters. The molecular weight excluding hydrogens is 270 g/mol. The van der Waals surface area contributed by atoms with Crippen molar-refractivity contribution in [2.45, 2.75) is 38.6 Å². The van der Waals surface area contributed by atoms with Crippen molar-refractivity contribution in [3.05, 3.63) is 57.4 Å². The number of pyridine rings is 1. The molecule has 3 rings (SSSR count). The van der Waals surface area contributed by atoms with Gasteiger partial charge in [0.05, 0.1) is 11.6 Å². The molecule has 0 aliphatic heterocycles. The lowest BCUT2D eigenvalue weighted by Gasteiger charge is -2.14. The molecule has 0 atom stereocenters. The standard InChI is InChI=1S/C17H18ClNO/c1-11-3-4-13(9-12(11)2)16-8-5-14(10-18)17(20)19(16)15-6-7-15/h3-5,8-9,15H,6-7,10H2,1-2H3. The van der Waals surface area contributed by atoms with Crippen LogP contribution in [0.3, 0.4) is 0 Å². The molecule has 20 heavy (non-hydrogen) atoms. The van der Waals surface area contributed by atoms with Gasteiger partial charge in [0.25, 0.3) is 5.56 Å². The number of nitrogens with zero attached hydrogens (tertiary/aromatic N) is 1. The summed E-state index contributed by atoms with van der Waals surface area (Å²) in [4.78, 5) is 12.5. The monoisotopic (exact) mass is 287 g/mol. The summed E-state index contributed by atoms with van der Waals surface area (Å²) in [6.45, 7) is 4.20. The summed E-state index contributed by atoms with van der Waals surface area (Å²) in [5, 5.41) is 0. The van der Waals surface area contributed by atoms with E-state index < -0.39 is 0 Å². The van der Waals surface area contributed by atoms with Gasteiger partial charge in [-0.1, -0.05) is 18.2 Å². The number of halogens is 1. The quantitative estimate of drug-likeness (QED) is 0.775. The van der Waals surface area contributed by atoms with Crippen LogP contribution in [0.5, 0.6) is 0 Å². The molecule has 2 aromatic rings. The number of aromatic nitrogens is 1. The van der Waals surface area contributed by atoms with Gasteiger partial charge in [-0.15, -0.1) is 11.6 Å². The Morgan fingerprint density at radius 1 is 1.15 bits per heavy atom. The number of aryl methyl sites for hydroxylation is 2. The van der Waals surface area contributed by atoms with Crippen LogP contribution in [0.25, 0.3) is 11.3 Å². The second-order valence-electron chi connectivity index (χ2n) is 5.58. The second kappa shape index (κ2) is 5.10. The molecular formula is C17H18ClNO. The van der Waals surface area contributed by atoms with Gasteiger partial charge in [-0.3, -0.25) is 4.79 Å². The Kier molecular flexibility index (Phi) is 3.43. The minimum absolute atomic E-state index is 0.0678. The number of alkyl halides is 1. The second-order valence-corrected chi connectivity index (χ2v) is 5.85. The van der Waals surface area contributed by atoms with Gasteiger partial charge < -0.3 is 4.57 Å². The molecule has 2 nitrogen and oxygen atoms in total. The van der Waals surface area contributed by atoms with E-state index in [1.54, 1.807) is 0 Å². The highest BCUT2D eigenvalue weighted by atomic mass is 35.5. The summed E-state index contributed by atoms with van der Waals surface area (Å²) in [7, 11) is 0. The smallest absolute Gasteiger partial charge is 0.255 e. The van der Waals surface area contributed by atoms with Crippen molar-refractivity contribution < 1.29 is 0 Å². The van der Waals surface area contributed by atoms with Crippen molar-refractivity contribution in [1.82, 2.24) is 4.57 Å². The largest absolute Gasteiger partial charge is 0.305 e. The van der Waals surface area contributed by atoms with Gasteiger partial charge in [-0.2, -0.15) is 0 Å². The molecule has 1 heterocycles. The summed E-state index contributed by atoms with van der Waals surface area (Å²) in [5.74, 6) is 0.277. The van der Waals surface area contributed by atoms with E-state index in [1.165, 1.54) is 11.1 Å². The first-order chi connectivity index (χ1) is 9.61. The van der Waals surface area contributed by atoms with Crippen LogP contribution in [0.1, 0.15) is 35.6 Å². The normalized spacial score (nSPS) is 14.6. The van der Waals surface area contributed by atoms with Crippen LogP contribution >= 0.6 is 11.6 Å². The third kappa shape index (κ3) is 2.29. The van der Waals surface area contributed by atoms with Crippen molar-refractivity contribution in [2.75, 3.05) is 0 Å². The van der Waals surface area contributed by atoms with Crippen LogP contribution < -0.4 is 5.56 Å². The Bertz CT molecular complexity index is 713. The maximum Gasteiger partial charge on any atom is 0.255 e. The van der Waals surface area contributed by atoms with Crippen molar-refractivity contribution >= 4 is 11.6 Å². The van der Waals surface area contributed by atoms with E-state index in [4.69, 9.17) is 11.6 Å². The third-order valence-corrected chi connectivity index (χ3v) is 4.34. The van der Waals surface area contributed by atoms with E-state index in [9.17, 15) is 4.79 Å². The van der Waals surface area contributed by atoms with Crippen LogP contribution in [-0.2, 0) is 5.88 Å². The van der Waals surface area contributed by atoms with Gasteiger partial charge in [0.15, 0.2) is 0 Å². The first-order valence-electron chi connectivity index (χ1n) is 7.00. The lowest BCUT2D eigenvalue weighted by molar-refractivity contribution is 0.709. The maximum atomic E-state index is 12.5. The zero-order valence-corrected chi connectivity index (χ0v) is 12.6. The van der Waals surface area contributed by atoms with Crippen LogP contribution in [0, 0.1) is 13.8 Å². The van der Waals surface area contributed by atoms with Gasteiger partial charge in [-0.05, 0) is 55.5 Å². The van der Waals surface area contributed by atoms with Crippen LogP contribution in [-0.4, -0.2) is 4.57 Å². The highest BCUT2D eigenvalue weighted by molar-refractivity contribution is 6.17. The van der Waals surface area contributed by atoms with E-state index in [0.717, 1.165) is 24.1 Å². The van der Waals surface area contributed by atoms with E-state index in [1.807, 2.05) is 16.7 Å². The molecule has 3 heteroatoms. The van der Waals surface area contributed by atoms with Crippen molar-refractivity contribution in [2.24, 2.45) is 0 Å². The summed E-state index contributed by atoms with van der Waals surface area (Å²) in [6, 6.07) is 10.6. The Hall–Kier alpha value is -1.54. The van der Waals surface area contributed by atoms with E-state index in [-0.39, 0.29) is 11.4 Å². The van der Waals surface area contributed by atoms with Gasteiger partial charge in [-0.25, -0.2) is 0 Å². The molecule has 0 amide bonds. The van der Waals surface area contributed by atoms with Crippen molar-refractivity contribution in [1.29, 1.82) is 0 Å². The topological polar surface area (TPSA) is 22.0 Å². The fourth-order valence-corrected chi connectivity index (χ4v) is 2.73. The van der Waals surface area contributed by atoms with Crippen LogP contribution in [0.4, 0.5) is 0 Å². The van der Waals surface area contributed by atoms with Crippen LogP contribution in [0.2, 0.25) is 0 Å². The molecule has 0 N–H and O–H groups in total. The van der Waals surface area contributed by atoms with E-state index in [0.29, 0.717) is 11.6 Å². The fourth-order valence-electron chi connectivity index (χ4n) is 2.53. The molecule has 0 radical (unpaired) electrons. The average Bonchev–Trinajstić information content (AvgIpc) is 3.26. The van der Waals surface area contributed by atoms with Gasteiger partial charge in [0.2, 0.25) is 0 Å². The number of benzene rings is 1. The Morgan fingerprint density at radius 3 is 2.50 bits per heavy atom. The van der Waals surface area contributed by atoms with E-state index >= 15 is 0 Å². The SMILES string of the molecule is Cc1ccc(-c2ccc(CCl)c(=O)n2C2CC2)cc1C. The molecule has 1 aliphatic rings. The first kappa shape index (κ1) is 13.4. The van der Waals surface area contributed by atoms with Gasteiger partial charge >= 0.3 is 0 Å². The predicted octanol–water partition coefficient (Wildman–Crippen LogP) is 4.21. The molecule has 1 aromatic heterocycles. The first-order valence-corrected chi connectivity index (χ1v) is 7.53. The summed E-state index contributed by atoms with van der Waals surface area (Å²) in [6.07, 6.45) is 2.17. The minimum atomic E-state index is 0.0678. The minimum Gasteiger partial charge on any atom is -0.305 e. The third-order valence-electron chi connectivity index (χ3n) is 4.05. The lowest BCUT2D eigenvalue weighted by atomic mass is 10.0. The Balaban J connectivity index is 2.20. The summed E-state index contributed by atoms with van der Waals surface area (Å²) < 4.78 is 1.93. The Labute approximate surface area is 124 Å². The highest BCUT2D eigenvalue weighted by Gasteiger charge is 2.27.